The highest BCUT2D eigenvalue weighted by atomic mass is 35.5. The molecular weight excluding hydrogens is 240 g/mol. The van der Waals surface area contributed by atoms with Crippen molar-refractivity contribution in [1.82, 2.24) is 0 Å². The lowest BCUT2D eigenvalue weighted by atomic mass is 10.1. The van der Waals surface area contributed by atoms with E-state index in [4.69, 9.17) is 26.8 Å². The Kier molecular flexibility index (Phi) is 5.55. The Morgan fingerprint density at radius 1 is 1.41 bits per heavy atom. The van der Waals surface area contributed by atoms with Gasteiger partial charge in [-0.25, -0.2) is 0 Å². The van der Waals surface area contributed by atoms with Gasteiger partial charge in [0.05, 0.1) is 24.1 Å². The molecule has 0 bridgehead atoms. The van der Waals surface area contributed by atoms with Gasteiger partial charge >= 0.3 is 0 Å². The molecule has 0 aromatic heterocycles. The summed E-state index contributed by atoms with van der Waals surface area (Å²) < 4.78 is 10.3. The lowest BCUT2D eigenvalue weighted by molar-refractivity contribution is 0.0366. The molecule has 3 N–H and O–H groups in total. The van der Waals surface area contributed by atoms with Crippen molar-refractivity contribution >= 4 is 23.0 Å². The van der Waals surface area contributed by atoms with Crippen LogP contribution in [0.25, 0.3) is 0 Å². The predicted octanol–water partition coefficient (Wildman–Crippen LogP) is 2.30. The number of benzene rings is 1. The van der Waals surface area contributed by atoms with E-state index in [9.17, 15) is 0 Å². The van der Waals surface area contributed by atoms with Crippen LogP contribution in [0, 0.1) is 6.92 Å². The molecule has 0 saturated carbocycles. The Bertz CT molecular complexity index is 372. The number of rotatable bonds is 6. The van der Waals surface area contributed by atoms with Gasteiger partial charge in [0, 0.05) is 25.8 Å². The molecule has 1 aromatic rings. The van der Waals surface area contributed by atoms with Gasteiger partial charge in [-0.3, -0.25) is 0 Å². The standard InChI is InChI=1S/C12H19ClN2O2/c1-8-10(13)4-5-11(14)12(8)15-6-9(17-3)7-16-2/h4-5,9,15H,6-7,14H2,1-3H3. The second kappa shape index (κ2) is 6.69. The molecule has 1 aromatic carbocycles. The lowest BCUT2D eigenvalue weighted by Gasteiger charge is -2.18. The van der Waals surface area contributed by atoms with E-state index in [-0.39, 0.29) is 6.10 Å². The van der Waals surface area contributed by atoms with Gasteiger partial charge in [0.25, 0.3) is 0 Å². The minimum Gasteiger partial charge on any atom is -0.397 e. The minimum absolute atomic E-state index is 0.0159. The van der Waals surface area contributed by atoms with Crippen molar-refractivity contribution in [2.45, 2.75) is 13.0 Å². The molecule has 0 amide bonds. The third-order valence-electron chi connectivity index (χ3n) is 2.62. The van der Waals surface area contributed by atoms with Crippen molar-refractivity contribution in [3.63, 3.8) is 0 Å². The SMILES string of the molecule is COCC(CNc1c(N)ccc(Cl)c1C)OC. The van der Waals surface area contributed by atoms with E-state index in [1.165, 1.54) is 0 Å². The summed E-state index contributed by atoms with van der Waals surface area (Å²) in [5.74, 6) is 0. The molecule has 0 aliphatic carbocycles. The van der Waals surface area contributed by atoms with Gasteiger partial charge < -0.3 is 20.5 Å². The quantitative estimate of drug-likeness (QED) is 0.769. The molecule has 96 valence electrons. The molecule has 17 heavy (non-hydrogen) atoms. The van der Waals surface area contributed by atoms with E-state index in [1.54, 1.807) is 26.4 Å². The number of halogens is 1. The molecule has 0 radical (unpaired) electrons. The normalized spacial score (nSPS) is 12.5. The van der Waals surface area contributed by atoms with Crippen LogP contribution >= 0.6 is 11.6 Å². The highest BCUT2D eigenvalue weighted by Gasteiger charge is 2.10. The number of ether oxygens (including phenoxy) is 2. The van der Waals surface area contributed by atoms with Crippen LogP contribution in [0.3, 0.4) is 0 Å². The summed E-state index contributed by atoms with van der Waals surface area (Å²) in [6.07, 6.45) is -0.0159. The molecule has 0 saturated heterocycles. The highest BCUT2D eigenvalue weighted by Crippen LogP contribution is 2.29. The summed E-state index contributed by atoms with van der Waals surface area (Å²) in [7, 11) is 3.30. The van der Waals surface area contributed by atoms with Crippen LogP contribution in [0.1, 0.15) is 5.56 Å². The molecule has 0 aliphatic heterocycles. The van der Waals surface area contributed by atoms with Gasteiger partial charge in [-0.1, -0.05) is 11.6 Å². The zero-order chi connectivity index (χ0) is 12.8. The number of nitrogens with two attached hydrogens (primary N) is 1. The molecular formula is C12H19ClN2O2. The maximum absolute atomic E-state index is 6.04. The zero-order valence-electron chi connectivity index (χ0n) is 10.4. The van der Waals surface area contributed by atoms with E-state index >= 15 is 0 Å². The van der Waals surface area contributed by atoms with E-state index < -0.39 is 0 Å². The smallest absolute Gasteiger partial charge is 0.0976 e. The van der Waals surface area contributed by atoms with Crippen LogP contribution in [0.15, 0.2) is 12.1 Å². The van der Waals surface area contributed by atoms with Crippen LogP contribution in [0.5, 0.6) is 0 Å². The Morgan fingerprint density at radius 2 is 2.12 bits per heavy atom. The summed E-state index contributed by atoms with van der Waals surface area (Å²) in [5.41, 5.74) is 8.38. The summed E-state index contributed by atoms with van der Waals surface area (Å²) in [5, 5.41) is 3.94. The van der Waals surface area contributed by atoms with E-state index in [0.717, 1.165) is 11.3 Å². The highest BCUT2D eigenvalue weighted by molar-refractivity contribution is 6.31. The first kappa shape index (κ1) is 14.1. The van der Waals surface area contributed by atoms with Gasteiger partial charge in [0.2, 0.25) is 0 Å². The average molecular weight is 259 g/mol. The second-order valence-electron chi connectivity index (χ2n) is 3.83. The molecule has 0 fully saturated rings. The zero-order valence-corrected chi connectivity index (χ0v) is 11.2. The molecule has 1 unspecified atom stereocenters. The van der Waals surface area contributed by atoms with Crippen molar-refractivity contribution in [3.05, 3.63) is 22.7 Å². The molecule has 0 heterocycles. The topological polar surface area (TPSA) is 56.5 Å². The number of hydrogen-bond donors (Lipinski definition) is 2. The van der Waals surface area contributed by atoms with Crippen molar-refractivity contribution < 1.29 is 9.47 Å². The molecule has 1 rings (SSSR count). The third kappa shape index (κ3) is 3.77. The first-order valence-corrected chi connectivity index (χ1v) is 5.78. The van der Waals surface area contributed by atoms with Crippen LogP contribution in [0.4, 0.5) is 11.4 Å². The van der Waals surface area contributed by atoms with Crippen LogP contribution in [-0.4, -0.2) is 33.5 Å². The maximum Gasteiger partial charge on any atom is 0.0976 e. The summed E-state index contributed by atoms with van der Waals surface area (Å²) in [6.45, 7) is 3.08. The molecule has 0 aliphatic rings. The Morgan fingerprint density at radius 3 is 2.71 bits per heavy atom. The van der Waals surface area contributed by atoms with Crippen LogP contribution in [-0.2, 0) is 9.47 Å². The lowest BCUT2D eigenvalue weighted by Crippen LogP contribution is -2.27. The van der Waals surface area contributed by atoms with Gasteiger partial charge in [-0.05, 0) is 24.6 Å². The largest absolute Gasteiger partial charge is 0.397 e. The third-order valence-corrected chi connectivity index (χ3v) is 3.03. The van der Waals surface area contributed by atoms with Crippen molar-refractivity contribution in [2.24, 2.45) is 0 Å². The van der Waals surface area contributed by atoms with Crippen LogP contribution in [0.2, 0.25) is 5.02 Å². The molecule has 5 heteroatoms. The molecule has 0 spiro atoms. The molecule has 4 nitrogen and oxygen atoms in total. The number of nitrogens with one attached hydrogen (secondary N) is 1. The van der Waals surface area contributed by atoms with E-state index in [0.29, 0.717) is 23.9 Å². The van der Waals surface area contributed by atoms with E-state index in [1.807, 2.05) is 6.92 Å². The number of methoxy groups -OCH3 is 2. The number of nitrogen functional groups attached to an aromatic ring is 1. The van der Waals surface area contributed by atoms with E-state index in [2.05, 4.69) is 5.32 Å². The van der Waals surface area contributed by atoms with Crippen molar-refractivity contribution in [3.8, 4) is 0 Å². The van der Waals surface area contributed by atoms with Crippen molar-refractivity contribution in [2.75, 3.05) is 38.4 Å². The Balaban J connectivity index is 2.71. The fourth-order valence-electron chi connectivity index (χ4n) is 1.55. The number of hydrogen-bond acceptors (Lipinski definition) is 4. The summed E-state index contributed by atoms with van der Waals surface area (Å²) >= 11 is 6.04. The summed E-state index contributed by atoms with van der Waals surface area (Å²) in [6, 6.07) is 3.58. The summed E-state index contributed by atoms with van der Waals surface area (Å²) in [4.78, 5) is 0. The van der Waals surface area contributed by atoms with Gasteiger partial charge in [0.15, 0.2) is 0 Å². The fourth-order valence-corrected chi connectivity index (χ4v) is 1.71. The van der Waals surface area contributed by atoms with Gasteiger partial charge in [-0.2, -0.15) is 0 Å². The first-order chi connectivity index (χ1) is 8.10. The first-order valence-electron chi connectivity index (χ1n) is 5.40. The second-order valence-corrected chi connectivity index (χ2v) is 4.24. The number of anilines is 2. The van der Waals surface area contributed by atoms with Gasteiger partial charge in [0.1, 0.15) is 0 Å². The maximum atomic E-state index is 6.04. The van der Waals surface area contributed by atoms with Crippen LogP contribution < -0.4 is 11.1 Å². The Labute approximate surface area is 107 Å². The minimum atomic E-state index is -0.0159. The monoisotopic (exact) mass is 258 g/mol. The average Bonchev–Trinajstić information content (AvgIpc) is 2.32. The Hall–Kier alpha value is -0.970. The predicted molar refractivity (Wildman–Crippen MR) is 71.8 cm³/mol. The van der Waals surface area contributed by atoms with Gasteiger partial charge in [-0.15, -0.1) is 0 Å². The van der Waals surface area contributed by atoms with Crippen molar-refractivity contribution in [1.29, 1.82) is 0 Å². The fraction of sp³-hybridized carbons (Fsp3) is 0.500. The molecule has 1 atom stereocenters.